The summed E-state index contributed by atoms with van der Waals surface area (Å²) in [7, 11) is 0. The lowest BCUT2D eigenvalue weighted by atomic mass is 9.89. The molecule has 2 aromatic rings. The van der Waals surface area contributed by atoms with Crippen LogP contribution in [0.2, 0.25) is 0 Å². The maximum atomic E-state index is 12.7. The van der Waals surface area contributed by atoms with Crippen LogP contribution in [-0.4, -0.2) is 14.7 Å². The Morgan fingerprint density at radius 3 is 3.10 bits per heavy atom. The quantitative estimate of drug-likeness (QED) is 0.941. The van der Waals surface area contributed by atoms with Crippen LogP contribution in [0.4, 0.5) is 8.78 Å². The fourth-order valence-corrected chi connectivity index (χ4v) is 2.62. The molecule has 1 aromatic heterocycles. The van der Waals surface area contributed by atoms with Crippen molar-refractivity contribution in [2.75, 3.05) is 0 Å². The molecule has 1 heterocycles. The van der Waals surface area contributed by atoms with Crippen LogP contribution in [0.3, 0.4) is 0 Å². The van der Waals surface area contributed by atoms with Crippen molar-refractivity contribution in [2.45, 2.75) is 38.5 Å². The van der Waals surface area contributed by atoms with Crippen LogP contribution in [0.1, 0.15) is 42.4 Å². The van der Waals surface area contributed by atoms with E-state index in [1.807, 2.05) is 6.07 Å². The standard InChI is InChI=1S/C15H16F2N2O2/c16-15(17)19-7-6-18-14(19)9-21-11-5-4-10-2-1-3-13(20)12(10)8-11/h4-8,13,15,20H,1-3,9H2/t13-/m1/s1. The zero-order chi connectivity index (χ0) is 14.8. The summed E-state index contributed by atoms with van der Waals surface area (Å²) < 4.78 is 31.7. The lowest BCUT2D eigenvalue weighted by Gasteiger charge is -2.22. The molecule has 1 atom stereocenters. The Morgan fingerprint density at radius 2 is 2.29 bits per heavy atom. The summed E-state index contributed by atoms with van der Waals surface area (Å²) in [6.45, 7) is -2.66. The van der Waals surface area contributed by atoms with Crippen LogP contribution in [0.15, 0.2) is 30.6 Å². The number of nitrogens with zero attached hydrogens (tertiary/aromatic N) is 2. The SMILES string of the molecule is O[C@@H]1CCCc2ccc(OCc3nccn3C(F)F)cc21. The third-order valence-electron chi connectivity index (χ3n) is 3.73. The molecule has 0 saturated heterocycles. The number of aliphatic hydroxyl groups excluding tert-OH is 1. The Bertz CT molecular complexity index is 628. The highest BCUT2D eigenvalue weighted by molar-refractivity contribution is 5.38. The molecule has 0 bridgehead atoms. The highest BCUT2D eigenvalue weighted by atomic mass is 19.3. The summed E-state index contributed by atoms with van der Waals surface area (Å²) in [5.41, 5.74) is 1.99. The molecule has 0 spiro atoms. The number of fused-ring (bicyclic) bond motifs is 1. The third-order valence-corrected chi connectivity index (χ3v) is 3.73. The van der Waals surface area contributed by atoms with Crippen LogP contribution in [-0.2, 0) is 13.0 Å². The van der Waals surface area contributed by atoms with Crippen LogP contribution in [0, 0.1) is 0 Å². The molecular formula is C15H16F2N2O2. The number of aryl methyl sites for hydroxylation is 1. The fraction of sp³-hybridized carbons (Fsp3) is 0.400. The molecule has 1 N–H and O–H groups in total. The maximum Gasteiger partial charge on any atom is 0.320 e. The molecule has 21 heavy (non-hydrogen) atoms. The van der Waals surface area contributed by atoms with Gasteiger partial charge < -0.3 is 9.84 Å². The van der Waals surface area contributed by atoms with Gasteiger partial charge in [-0.3, -0.25) is 4.57 Å². The number of aliphatic hydroxyl groups is 1. The van der Waals surface area contributed by atoms with Gasteiger partial charge in [-0.05, 0) is 42.5 Å². The first-order valence-corrected chi connectivity index (χ1v) is 6.88. The van der Waals surface area contributed by atoms with Crippen molar-refractivity contribution in [3.05, 3.63) is 47.5 Å². The zero-order valence-electron chi connectivity index (χ0n) is 11.4. The molecule has 0 fully saturated rings. The monoisotopic (exact) mass is 294 g/mol. The molecule has 6 heteroatoms. The number of hydrogen-bond donors (Lipinski definition) is 1. The minimum atomic E-state index is -2.63. The van der Waals surface area contributed by atoms with E-state index in [1.54, 1.807) is 12.1 Å². The average molecular weight is 294 g/mol. The van der Waals surface area contributed by atoms with E-state index in [0.717, 1.165) is 35.0 Å². The van der Waals surface area contributed by atoms with Crippen molar-refractivity contribution >= 4 is 0 Å². The first-order chi connectivity index (χ1) is 10.1. The molecule has 0 radical (unpaired) electrons. The highest BCUT2D eigenvalue weighted by Gasteiger charge is 2.18. The van der Waals surface area contributed by atoms with Crippen molar-refractivity contribution in [2.24, 2.45) is 0 Å². The Labute approximate surface area is 121 Å². The van der Waals surface area contributed by atoms with E-state index >= 15 is 0 Å². The third kappa shape index (κ3) is 2.90. The number of halogens is 2. The van der Waals surface area contributed by atoms with Crippen molar-refractivity contribution < 1.29 is 18.6 Å². The molecule has 112 valence electrons. The lowest BCUT2D eigenvalue weighted by Crippen LogP contribution is -2.10. The van der Waals surface area contributed by atoms with Gasteiger partial charge in [-0.2, -0.15) is 8.78 Å². The number of hydrogen-bond acceptors (Lipinski definition) is 3. The molecule has 0 amide bonds. The van der Waals surface area contributed by atoms with E-state index in [1.165, 1.54) is 12.4 Å². The van der Waals surface area contributed by atoms with E-state index in [4.69, 9.17) is 4.74 Å². The first kappa shape index (κ1) is 14.0. The summed E-state index contributed by atoms with van der Waals surface area (Å²) in [5.74, 6) is 0.724. The van der Waals surface area contributed by atoms with Gasteiger partial charge in [-0.15, -0.1) is 0 Å². The summed E-state index contributed by atoms with van der Waals surface area (Å²) in [4.78, 5) is 3.86. The lowest BCUT2D eigenvalue weighted by molar-refractivity contribution is 0.0632. The predicted molar refractivity (Wildman–Crippen MR) is 72.2 cm³/mol. The Kier molecular flexibility index (Phi) is 3.88. The zero-order valence-corrected chi connectivity index (χ0v) is 11.4. The largest absolute Gasteiger partial charge is 0.486 e. The van der Waals surface area contributed by atoms with Gasteiger partial charge >= 0.3 is 6.55 Å². The van der Waals surface area contributed by atoms with Gasteiger partial charge in [-0.1, -0.05) is 6.07 Å². The number of aromatic nitrogens is 2. The molecule has 4 nitrogen and oxygen atoms in total. The number of rotatable bonds is 4. The number of ether oxygens (including phenoxy) is 1. The number of imidazole rings is 1. The molecule has 0 aliphatic heterocycles. The smallest absolute Gasteiger partial charge is 0.320 e. The average Bonchev–Trinajstić information content (AvgIpc) is 2.94. The minimum absolute atomic E-state index is 0.0355. The molecule has 1 aromatic carbocycles. The maximum absolute atomic E-state index is 12.7. The van der Waals surface area contributed by atoms with E-state index in [9.17, 15) is 13.9 Å². The number of alkyl halides is 2. The van der Waals surface area contributed by atoms with Gasteiger partial charge in [0.2, 0.25) is 0 Å². The van der Waals surface area contributed by atoms with Gasteiger partial charge in [0.1, 0.15) is 12.4 Å². The fourth-order valence-electron chi connectivity index (χ4n) is 2.62. The van der Waals surface area contributed by atoms with Crippen LogP contribution in [0.5, 0.6) is 5.75 Å². The van der Waals surface area contributed by atoms with E-state index in [-0.39, 0.29) is 12.4 Å². The van der Waals surface area contributed by atoms with Gasteiger partial charge in [-0.25, -0.2) is 4.98 Å². The number of benzene rings is 1. The highest BCUT2D eigenvalue weighted by Crippen LogP contribution is 2.32. The normalized spacial score (nSPS) is 17.8. The van der Waals surface area contributed by atoms with Gasteiger partial charge in [0, 0.05) is 12.4 Å². The van der Waals surface area contributed by atoms with E-state index in [0.29, 0.717) is 5.75 Å². The summed E-state index contributed by atoms with van der Waals surface area (Å²) in [6, 6.07) is 5.51. The van der Waals surface area contributed by atoms with Crippen molar-refractivity contribution in [3.8, 4) is 5.75 Å². The second-order valence-electron chi connectivity index (χ2n) is 5.09. The topological polar surface area (TPSA) is 47.3 Å². The molecule has 0 unspecified atom stereocenters. The molecule has 3 rings (SSSR count). The van der Waals surface area contributed by atoms with Gasteiger partial charge in [0.15, 0.2) is 5.82 Å². The summed E-state index contributed by atoms with van der Waals surface area (Å²) in [5, 5.41) is 9.98. The molecule has 1 aliphatic rings. The summed E-state index contributed by atoms with van der Waals surface area (Å²) in [6.07, 6.45) is 4.73. The van der Waals surface area contributed by atoms with Crippen LogP contribution in [0.25, 0.3) is 0 Å². The van der Waals surface area contributed by atoms with Crippen molar-refractivity contribution in [1.29, 1.82) is 0 Å². The van der Waals surface area contributed by atoms with E-state index < -0.39 is 12.7 Å². The second kappa shape index (κ2) is 5.81. The van der Waals surface area contributed by atoms with Gasteiger partial charge in [0.05, 0.1) is 6.10 Å². The van der Waals surface area contributed by atoms with Crippen molar-refractivity contribution in [1.82, 2.24) is 9.55 Å². The summed E-state index contributed by atoms with van der Waals surface area (Å²) >= 11 is 0. The Morgan fingerprint density at radius 1 is 1.43 bits per heavy atom. The Hall–Kier alpha value is -1.95. The molecular weight excluding hydrogens is 278 g/mol. The second-order valence-corrected chi connectivity index (χ2v) is 5.09. The van der Waals surface area contributed by atoms with Crippen molar-refractivity contribution in [3.63, 3.8) is 0 Å². The van der Waals surface area contributed by atoms with Crippen LogP contribution >= 0.6 is 0 Å². The molecule has 0 saturated carbocycles. The van der Waals surface area contributed by atoms with E-state index in [2.05, 4.69) is 4.98 Å². The minimum Gasteiger partial charge on any atom is -0.486 e. The Balaban J connectivity index is 1.74. The van der Waals surface area contributed by atoms with Crippen LogP contribution < -0.4 is 4.74 Å². The predicted octanol–water partition coefficient (Wildman–Crippen LogP) is 3.23. The first-order valence-electron chi connectivity index (χ1n) is 6.88. The van der Waals surface area contributed by atoms with Gasteiger partial charge in [0.25, 0.3) is 0 Å². The molecule has 1 aliphatic carbocycles.